The van der Waals surface area contributed by atoms with Gasteiger partial charge in [-0.05, 0) is 34.5 Å². The molecular weight excluding hydrogens is 336 g/mol. The zero-order chi connectivity index (χ0) is 17.6. The van der Waals surface area contributed by atoms with Crippen LogP contribution in [0.25, 0.3) is 16.8 Å². The van der Waals surface area contributed by atoms with Crippen molar-refractivity contribution >= 4 is 34.4 Å². The van der Waals surface area contributed by atoms with Crippen LogP contribution in [0.3, 0.4) is 0 Å². The van der Waals surface area contributed by atoms with E-state index in [1.807, 2.05) is 66.7 Å². The SMILES string of the molecule is COC(=O)c1c(OC/C=C/c2ccccc2Cl)ccc2ccccc12. The Morgan fingerprint density at radius 3 is 2.60 bits per heavy atom. The van der Waals surface area contributed by atoms with Crippen molar-refractivity contribution in [2.75, 3.05) is 13.7 Å². The standard InChI is InChI=1S/C21H17ClO3/c1-24-21(23)20-17-10-4-2-7-15(17)12-13-19(20)25-14-6-9-16-8-3-5-11-18(16)22/h2-13H,14H2,1H3/b9-6+. The van der Waals surface area contributed by atoms with E-state index in [2.05, 4.69) is 0 Å². The van der Waals surface area contributed by atoms with Gasteiger partial charge >= 0.3 is 5.97 Å². The lowest BCUT2D eigenvalue weighted by molar-refractivity contribution is 0.0599. The fourth-order valence-corrected chi connectivity index (χ4v) is 2.81. The zero-order valence-electron chi connectivity index (χ0n) is 13.7. The van der Waals surface area contributed by atoms with E-state index in [0.29, 0.717) is 22.9 Å². The summed E-state index contributed by atoms with van der Waals surface area (Å²) in [5, 5.41) is 2.45. The first-order valence-corrected chi connectivity index (χ1v) is 8.22. The predicted octanol–water partition coefficient (Wildman–Crippen LogP) is 5.37. The molecule has 0 heterocycles. The molecule has 3 nitrogen and oxygen atoms in total. The largest absolute Gasteiger partial charge is 0.489 e. The van der Waals surface area contributed by atoms with Crippen LogP contribution in [-0.4, -0.2) is 19.7 Å². The smallest absolute Gasteiger partial charge is 0.342 e. The minimum atomic E-state index is -0.415. The van der Waals surface area contributed by atoms with Gasteiger partial charge in [0.25, 0.3) is 0 Å². The molecule has 0 amide bonds. The summed E-state index contributed by atoms with van der Waals surface area (Å²) in [4.78, 5) is 12.2. The highest BCUT2D eigenvalue weighted by Crippen LogP contribution is 2.29. The van der Waals surface area contributed by atoms with Crippen molar-refractivity contribution in [1.29, 1.82) is 0 Å². The van der Waals surface area contributed by atoms with E-state index in [1.54, 1.807) is 6.07 Å². The number of fused-ring (bicyclic) bond motifs is 1. The third-order valence-corrected chi connectivity index (χ3v) is 4.16. The van der Waals surface area contributed by atoms with Gasteiger partial charge in [-0.3, -0.25) is 0 Å². The van der Waals surface area contributed by atoms with E-state index in [9.17, 15) is 4.79 Å². The Morgan fingerprint density at radius 1 is 1.04 bits per heavy atom. The van der Waals surface area contributed by atoms with Crippen molar-refractivity contribution in [3.05, 3.63) is 82.9 Å². The molecule has 0 bridgehead atoms. The molecule has 126 valence electrons. The second-order valence-corrected chi connectivity index (χ2v) is 5.79. The van der Waals surface area contributed by atoms with Crippen molar-refractivity contribution in [3.63, 3.8) is 0 Å². The molecule has 0 aliphatic rings. The number of ether oxygens (including phenoxy) is 2. The Labute approximate surface area is 151 Å². The van der Waals surface area contributed by atoms with Gasteiger partial charge in [0.05, 0.1) is 7.11 Å². The van der Waals surface area contributed by atoms with Gasteiger partial charge in [0.2, 0.25) is 0 Å². The molecule has 3 aromatic carbocycles. The Morgan fingerprint density at radius 2 is 1.80 bits per heavy atom. The normalized spacial score (nSPS) is 11.0. The maximum atomic E-state index is 12.2. The molecule has 3 aromatic rings. The van der Waals surface area contributed by atoms with Crippen LogP contribution >= 0.6 is 11.6 Å². The Hall–Kier alpha value is -2.78. The van der Waals surface area contributed by atoms with Crippen molar-refractivity contribution < 1.29 is 14.3 Å². The topological polar surface area (TPSA) is 35.5 Å². The Kier molecular flexibility index (Phi) is 5.36. The minimum Gasteiger partial charge on any atom is -0.489 e. The van der Waals surface area contributed by atoms with E-state index in [-0.39, 0.29) is 0 Å². The first-order valence-electron chi connectivity index (χ1n) is 7.84. The lowest BCUT2D eigenvalue weighted by atomic mass is 10.0. The molecule has 0 aliphatic heterocycles. The second-order valence-electron chi connectivity index (χ2n) is 5.39. The van der Waals surface area contributed by atoms with Crippen LogP contribution in [-0.2, 0) is 4.74 Å². The van der Waals surface area contributed by atoms with Gasteiger partial charge in [0.15, 0.2) is 0 Å². The maximum absolute atomic E-state index is 12.2. The molecule has 0 spiro atoms. The highest BCUT2D eigenvalue weighted by Gasteiger charge is 2.16. The molecule has 0 atom stereocenters. The maximum Gasteiger partial charge on any atom is 0.342 e. The fraction of sp³-hybridized carbons (Fsp3) is 0.0952. The predicted molar refractivity (Wildman–Crippen MR) is 101 cm³/mol. The lowest BCUT2D eigenvalue weighted by Gasteiger charge is -2.11. The number of carbonyl (C=O) groups excluding carboxylic acids is 1. The van der Waals surface area contributed by atoms with Gasteiger partial charge in [-0.15, -0.1) is 0 Å². The van der Waals surface area contributed by atoms with Crippen LogP contribution in [0, 0.1) is 0 Å². The summed E-state index contributed by atoms with van der Waals surface area (Å²) in [7, 11) is 1.37. The molecule has 0 N–H and O–H groups in total. The van der Waals surface area contributed by atoms with Gasteiger partial charge in [0, 0.05) is 5.02 Å². The summed E-state index contributed by atoms with van der Waals surface area (Å²) in [5.41, 5.74) is 1.35. The monoisotopic (exact) mass is 352 g/mol. The van der Waals surface area contributed by atoms with E-state index in [4.69, 9.17) is 21.1 Å². The highest BCUT2D eigenvalue weighted by atomic mass is 35.5. The fourth-order valence-electron chi connectivity index (χ4n) is 2.61. The van der Waals surface area contributed by atoms with E-state index in [1.165, 1.54) is 7.11 Å². The molecule has 0 aliphatic carbocycles. The molecule has 0 radical (unpaired) electrons. The third kappa shape index (κ3) is 3.83. The quantitative estimate of drug-likeness (QED) is 0.579. The van der Waals surface area contributed by atoms with Gasteiger partial charge in [0.1, 0.15) is 17.9 Å². The molecule has 25 heavy (non-hydrogen) atoms. The molecule has 0 saturated heterocycles. The van der Waals surface area contributed by atoms with Gasteiger partial charge in [-0.2, -0.15) is 0 Å². The number of carbonyl (C=O) groups is 1. The van der Waals surface area contributed by atoms with Crippen LogP contribution in [0.4, 0.5) is 0 Å². The second kappa shape index (κ2) is 7.86. The minimum absolute atomic E-state index is 0.313. The highest BCUT2D eigenvalue weighted by molar-refractivity contribution is 6.32. The summed E-state index contributed by atoms with van der Waals surface area (Å²) < 4.78 is 10.7. The average Bonchev–Trinajstić information content (AvgIpc) is 2.65. The van der Waals surface area contributed by atoms with Crippen molar-refractivity contribution in [2.24, 2.45) is 0 Å². The van der Waals surface area contributed by atoms with E-state index >= 15 is 0 Å². The molecule has 0 saturated carbocycles. The molecule has 0 unspecified atom stereocenters. The summed E-state index contributed by atoms with van der Waals surface area (Å²) in [5.74, 6) is 0.0799. The molecule has 0 aromatic heterocycles. The van der Waals surface area contributed by atoms with E-state index < -0.39 is 5.97 Å². The van der Waals surface area contributed by atoms with Crippen LogP contribution in [0.5, 0.6) is 5.75 Å². The first kappa shape index (κ1) is 17.1. The number of rotatable bonds is 5. The van der Waals surface area contributed by atoms with Gasteiger partial charge in [-0.1, -0.05) is 66.2 Å². The summed E-state index contributed by atoms with van der Waals surface area (Å²) in [6, 6.07) is 18.9. The number of benzene rings is 3. The van der Waals surface area contributed by atoms with Gasteiger partial charge < -0.3 is 9.47 Å². The van der Waals surface area contributed by atoms with Crippen molar-refractivity contribution in [2.45, 2.75) is 0 Å². The van der Waals surface area contributed by atoms with E-state index in [0.717, 1.165) is 16.3 Å². The van der Waals surface area contributed by atoms with Crippen molar-refractivity contribution in [3.8, 4) is 5.75 Å². The summed E-state index contributed by atoms with van der Waals surface area (Å²) in [6.45, 7) is 0.313. The van der Waals surface area contributed by atoms with Crippen LogP contribution in [0.15, 0.2) is 66.7 Å². The molecule has 0 fully saturated rings. The van der Waals surface area contributed by atoms with Crippen LogP contribution in [0.2, 0.25) is 5.02 Å². The summed E-state index contributed by atoms with van der Waals surface area (Å²) >= 11 is 6.12. The number of hydrogen-bond acceptors (Lipinski definition) is 3. The first-order chi connectivity index (χ1) is 12.2. The zero-order valence-corrected chi connectivity index (χ0v) is 14.5. The number of halogens is 1. The Balaban J connectivity index is 1.84. The van der Waals surface area contributed by atoms with Crippen LogP contribution in [0.1, 0.15) is 15.9 Å². The number of hydrogen-bond donors (Lipinski definition) is 0. The van der Waals surface area contributed by atoms with Crippen molar-refractivity contribution in [1.82, 2.24) is 0 Å². The average molecular weight is 353 g/mol. The van der Waals surface area contributed by atoms with Gasteiger partial charge in [-0.25, -0.2) is 4.79 Å². The molecular formula is C21H17ClO3. The number of esters is 1. The number of methoxy groups -OCH3 is 1. The third-order valence-electron chi connectivity index (χ3n) is 3.82. The summed E-state index contributed by atoms with van der Waals surface area (Å²) in [6.07, 6.45) is 3.75. The lowest BCUT2D eigenvalue weighted by Crippen LogP contribution is -2.06. The van der Waals surface area contributed by atoms with Crippen LogP contribution < -0.4 is 4.74 Å². The molecule has 4 heteroatoms. The Bertz CT molecular complexity index is 931. The molecule has 3 rings (SSSR count).